The van der Waals surface area contributed by atoms with E-state index in [0.29, 0.717) is 36.5 Å². The Morgan fingerprint density at radius 2 is 0.720 bits per heavy atom. The number of oxazole rings is 1. The molecule has 0 amide bonds. The van der Waals surface area contributed by atoms with Crippen LogP contribution in [0.15, 0.2) is 224 Å². The van der Waals surface area contributed by atoms with Crippen LogP contribution in [-0.2, 0) is 0 Å². The maximum Gasteiger partial charge on any atom is 0.382 e. The summed E-state index contributed by atoms with van der Waals surface area (Å²) >= 11 is 3.85. The van der Waals surface area contributed by atoms with Gasteiger partial charge in [0.2, 0.25) is 22.5 Å². The van der Waals surface area contributed by atoms with Gasteiger partial charge in [0.25, 0.3) is 32.9 Å². The maximum atomic E-state index is 6.09. The van der Waals surface area contributed by atoms with Gasteiger partial charge in [0.05, 0.1) is 46.9 Å². The molecule has 0 saturated carbocycles. The van der Waals surface area contributed by atoms with Crippen molar-refractivity contribution >= 4 is 75.9 Å². The number of benzene rings is 7. The number of pyridine rings is 6. The van der Waals surface area contributed by atoms with Crippen molar-refractivity contribution < 1.29 is 41.0 Å². The molecule has 0 radical (unpaired) electrons. The first-order valence-electron chi connectivity index (χ1n) is 38.1. The minimum atomic E-state index is 0.342. The largest absolute Gasteiger partial charge is 0.398 e. The number of fused-ring (bicyclic) bond motifs is 21. The van der Waals surface area contributed by atoms with Crippen LogP contribution in [0.3, 0.4) is 0 Å². The van der Waals surface area contributed by atoms with Crippen molar-refractivity contribution in [1.82, 2.24) is 0 Å². The summed E-state index contributed by atoms with van der Waals surface area (Å²) < 4.78 is 28.0. The highest BCUT2D eigenvalue weighted by atomic mass is 32.1. The number of rotatable bonds is 0. The van der Waals surface area contributed by atoms with Gasteiger partial charge in [0.15, 0.2) is 61.3 Å². The van der Waals surface area contributed by atoms with Gasteiger partial charge in [-0.2, -0.15) is 13.7 Å². The second kappa shape index (κ2) is 26.6. The van der Waals surface area contributed by atoms with Crippen molar-refractivity contribution in [2.75, 3.05) is 0 Å². The second-order valence-electron chi connectivity index (χ2n) is 31.4. The summed E-state index contributed by atoms with van der Waals surface area (Å²) in [5, 5.41) is 5.51. The molecule has 4 unspecified atom stereocenters. The summed E-state index contributed by atoms with van der Waals surface area (Å²) in [5.41, 5.74) is 37.2. The molecule has 15 heterocycles. The number of nitrogens with zero attached hydrogens (tertiary/aromatic N) is 8. The molecule has 530 valence electrons. The molecule has 0 bridgehead atoms. The second-order valence-corrected chi connectivity index (χ2v) is 33.5. The van der Waals surface area contributed by atoms with Gasteiger partial charge in [0, 0.05) is 124 Å². The van der Waals surface area contributed by atoms with Crippen LogP contribution in [-0.4, -0.2) is 0 Å². The summed E-state index contributed by atoms with van der Waals surface area (Å²) in [4.78, 5) is 1.45. The van der Waals surface area contributed by atoms with Crippen LogP contribution in [0.5, 0.6) is 0 Å². The van der Waals surface area contributed by atoms with Gasteiger partial charge in [-0.25, -0.2) is 0 Å². The first-order valence-corrected chi connectivity index (χ1v) is 39.7. The van der Waals surface area contributed by atoms with E-state index in [0.717, 1.165) is 11.5 Å². The van der Waals surface area contributed by atoms with E-state index < -0.39 is 0 Å². The highest BCUT2D eigenvalue weighted by molar-refractivity contribution is 7.22. The number of thiophene rings is 1. The molecular formula is C96H96N8OS2+8. The smallest absolute Gasteiger partial charge is 0.382 e. The summed E-state index contributed by atoms with van der Waals surface area (Å²) in [6.45, 7) is 39.4. The van der Waals surface area contributed by atoms with Gasteiger partial charge in [-0.1, -0.05) is 70.5 Å². The Morgan fingerprint density at radius 1 is 0.299 bits per heavy atom. The highest BCUT2D eigenvalue weighted by Crippen LogP contribution is 2.46. The predicted octanol–water partition coefficient (Wildman–Crippen LogP) is 20.4. The fourth-order valence-corrected chi connectivity index (χ4v) is 20.4. The Balaban J connectivity index is 0.0000000944. The normalized spacial score (nSPS) is 15.9. The maximum absolute atomic E-state index is 6.09. The fraction of sp³-hybridized carbons (Fsp3) is 0.250. The third-order valence-corrected chi connectivity index (χ3v) is 25.4. The molecular weight excluding hydrogens is 1350 g/mol. The van der Waals surface area contributed by atoms with Gasteiger partial charge < -0.3 is 4.42 Å². The molecule has 9 nitrogen and oxygen atoms in total. The lowest BCUT2D eigenvalue weighted by molar-refractivity contribution is -0.906. The van der Waals surface area contributed by atoms with Crippen molar-refractivity contribution in [3.63, 3.8) is 0 Å². The molecule has 0 saturated heterocycles. The summed E-state index contributed by atoms with van der Waals surface area (Å²) in [7, 11) is 0. The fourth-order valence-electron chi connectivity index (χ4n) is 17.6. The van der Waals surface area contributed by atoms with Crippen LogP contribution < -0.4 is 36.5 Å². The van der Waals surface area contributed by atoms with Crippen LogP contribution in [0, 0.1) is 83.1 Å². The minimum absolute atomic E-state index is 0.342. The molecule has 16 aromatic rings. The van der Waals surface area contributed by atoms with Crippen LogP contribution in [0.4, 0.5) is 0 Å². The lowest BCUT2D eigenvalue weighted by Gasteiger charge is -2.03. The average molecular weight is 1440 g/mol. The minimum Gasteiger partial charge on any atom is -0.398 e. The van der Waals surface area contributed by atoms with Crippen LogP contribution >= 0.6 is 22.7 Å². The van der Waals surface area contributed by atoms with Crippen LogP contribution in [0.1, 0.15) is 167 Å². The number of thiazole rings is 1. The standard InChI is InChI=1S/C17H16NO.2C17H16NS.C16H16N2.C15H16N.C14H16N2/c2*1-10-4-6-13-14(8-10)12(3)18-15-7-5-11(2)9-16(15)19-17(13)18;1-10-4-6-13-15(8-10)19-17-14-7-5-11(2)9-18(14)12(3)16(13)17;1-10-6-13-4-5-14-7-11(2)9-18-12(3)17(8-10)15(13)16(14)18;1-10-4-6-13-14(8-10)12(3)16-9-11(2)5-7-15(13)16;1-10-4-6-13-14-7-5-11(2)9-16(14)12(3)15(13)8-10/h3*4-9,12H,1-3H3;4-9,12H,1-3H3;2*4-9,12H,1-3H3/q3*+1;+2;+1;+2. The zero-order valence-corrected chi connectivity index (χ0v) is 66.7. The summed E-state index contributed by atoms with van der Waals surface area (Å²) in [5.74, 6) is 0.989. The van der Waals surface area contributed by atoms with Gasteiger partial charge in [0.1, 0.15) is 9.58 Å². The molecule has 6 aliphatic rings. The molecule has 22 rings (SSSR count). The molecule has 0 spiro atoms. The van der Waals surface area contributed by atoms with Crippen molar-refractivity contribution in [1.29, 1.82) is 0 Å². The highest BCUT2D eigenvalue weighted by Gasteiger charge is 2.44. The van der Waals surface area contributed by atoms with Crippen LogP contribution in [0.2, 0.25) is 0 Å². The van der Waals surface area contributed by atoms with Crippen molar-refractivity contribution in [2.24, 2.45) is 0 Å². The zero-order chi connectivity index (χ0) is 74.4. The molecule has 9 aromatic heterocycles. The number of aryl methyl sites for hydroxylation is 12. The first-order chi connectivity index (χ1) is 51.4. The first kappa shape index (κ1) is 69.3. The topological polar surface area (TPSA) is 44.2 Å². The number of hydrogen-bond donors (Lipinski definition) is 0. The number of hydrogen-bond acceptors (Lipinski definition) is 3. The van der Waals surface area contributed by atoms with E-state index in [2.05, 4.69) is 380 Å². The van der Waals surface area contributed by atoms with E-state index in [1.807, 2.05) is 22.7 Å². The lowest BCUT2D eigenvalue weighted by Crippen LogP contribution is -2.50. The van der Waals surface area contributed by atoms with Crippen molar-refractivity contribution in [3.8, 4) is 55.2 Å². The third-order valence-electron chi connectivity index (χ3n) is 23.0. The van der Waals surface area contributed by atoms with Crippen LogP contribution in [0.25, 0.3) is 108 Å². The van der Waals surface area contributed by atoms with E-state index in [4.69, 9.17) is 4.42 Å². The van der Waals surface area contributed by atoms with E-state index >= 15 is 0 Å². The van der Waals surface area contributed by atoms with Crippen molar-refractivity contribution in [3.05, 3.63) is 308 Å². The molecule has 0 N–H and O–H groups in total. The Bertz CT molecular complexity index is 5780. The molecule has 4 atom stereocenters. The molecule has 107 heavy (non-hydrogen) atoms. The molecule has 7 aromatic carbocycles. The Hall–Kier alpha value is -10.7. The Morgan fingerprint density at radius 3 is 1.31 bits per heavy atom. The molecule has 11 heteroatoms. The quantitative estimate of drug-likeness (QED) is 0.110. The zero-order valence-electron chi connectivity index (χ0n) is 65.1. The number of aromatic nitrogens is 8. The third kappa shape index (κ3) is 11.9. The van der Waals surface area contributed by atoms with Gasteiger partial charge >= 0.3 is 18.2 Å². The predicted molar refractivity (Wildman–Crippen MR) is 435 cm³/mol. The van der Waals surface area contributed by atoms with Gasteiger partial charge in [-0.15, -0.1) is 34.2 Å². The molecule has 0 fully saturated rings. The molecule has 6 aliphatic heterocycles. The van der Waals surface area contributed by atoms with Gasteiger partial charge in [-0.05, 0) is 203 Å². The van der Waals surface area contributed by atoms with E-state index in [1.165, 1.54) is 186 Å². The van der Waals surface area contributed by atoms with E-state index in [1.54, 1.807) is 0 Å². The lowest BCUT2D eigenvalue weighted by atomic mass is 10.0. The molecule has 0 aliphatic carbocycles. The SMILES string of the molecule is Cc1cc2ccc3cc(C)c[n+]4c3c2[n+](c1)C4C.Cc1ccc2[n+](c1)C(C)[n+]1cc(C)ccc1-2.Cc1ccc2c(c1)C(C)[n+]1c-2oc2cc(C)ccc21.Cc1ccc2c(c1)C(C)[n+]1c-2sc2cc(C)ccc21.Cc1ccc2c(c1)C(C)[n+]1cc(C)ccc1-2.Cc1ccc2c3c(sc2c1)-c1ccc(C)c[n+]1C3C. The van der Waals surface area contributed by atoms with Gasteiger partial charge in [-0.3, -0.25) is 0 Å². The average Bonchev–Trinajstić information content (AvgIpc) is 1.60. The van der Waals surface area contributed by atoms with E-state index in [-0.39, 0.29) is 0 Å². The van der Waals surface area contributed by atoms with E-state index in [9.17, 15) is 0 Å². The summed E-state index contributed by atoms with van der Waals surface area (Å²) in [6, 6.07) is 68.6. The Labute approximate surface area is 637 Å². The Kier molecular flexibility index (Phi) is 17.3. The summed E-state index contributed by atoms with van der Waals surface area (Å²) in [6.07, 6.45) is 14.2. The monoisotopic (exact) mass is 1440 g/mol. The van der Waals surface area contributed by atoms with Crippen molar-refractivity contribution in [2.45, 2.75) is 161 Å².